The number of hydrogen-bond acceptors (Lipinski definition) is 3. The lowest BCUT2D eigenvalue weighted by Crippen LogP contribution is -2.07. The minimum Gasteiger partial charge on any atom is -0.379 e. The van der Waals surface area contributed by atoms with Crippen molar-refractivity contribution in [1.29, 1.82) is 0 Å². The molecule has 0 saturated carbocycles. The predicted octanol–water partition coefficient (Wildman–Crippen LogP) is 4.01. The summed E-state index contributed by atoms with van der Waals surface area (Å²) in [6.45, 7) is 4.57. The van der Waals surface area contributed by atoms with Crippen LogP contribution in [0.4, 0.5) is 15.8 Å². The summed E-state index contributed by atoms with van der Waals surface area (Å²) in [5, 5.41) is 13.8. The first-order valence-corrected chi connectivity index (χ1v) is 6.70. The molecule has 0 spiro atoms. The van der Waals surface area contributed by atoms with E-state index in [0.717, 1.165) is 24.1 Å². The summed E-state index contributed by atoms with van der Waals surface area (Å²) in [7, 11) is 0. The quantitative estimate of drug-likeness (QED) is 0.668. The van der Waals surface area contributed by atoms with Crippen molar-refractivity contribution in [2.24, 2.45) is 0 Å². The number of aryl methyl sites for hydroxylation is 2. The van der Waals surface area contributed by atoms with Crippen molar-refractivity contribution in [2.45, 2.75) is 20.3 Å². The van der Waals surface area contributed by atoms with Crippen LogP contribution in [0.2, 0.25) is 0 Å². The van der Waals surface area contributed by atoms with Crippen LogP contribution in [0.25, 0.3) is 0 Å². The number of hydrogen-bond donors (Lipinski definition) is 1. The topological polar surface area (TPSA) is 55.2 Å². The Morgan fingerprint density at radius 2 is 1.81 bits per heavy atom. The second kappa shape index (κ2) is 6.35. The van der Waals surface area contributed by atoms with E-state index in [2.05, 4.69) is 23.5 Å². The average Bonchev–Trinajstić information content (AvgIpc) is 2.37. The van der Waals surface area contributed by atoms with Gasteiger partial charge in [0.1, 0.15) is 11.5 Å². The summed E-state index contributed by atoms with van der Waals surface area (Å²) in [6.07, 6.45) is 0.718. The maximum atomic E-state index is 13.2. The van der Waals surface area contributed by atoms with Gasteiger partial charge in [-0.15, -0.1) is 0 Å². The second-order valence-electron chi connectivity index (χ2n) is 5.09. The van der Waals surface area contributed by atoms with E-state index >= 15 is 0 Å². The highest BCUT2D eigenvalue weighted by atomic mass is 19.1. The number of rotatable bonds is 5. The highest BCUT2D eigenvalue weighted by molar-refractivity contribution is 5.61. The first-order chi connectivity index (χ1) is 9.95. The third-order valence-electron chi connectivity index (χ3n) is 3.17. The van der Waals surface area contributed by atoms with Crippen LogP contribution < -0.4 is 5.32 Å². The van der Waals surface area contributed by atoms with Gasteiger partial charge in [0.15, 0.2) is 0 Å². The Labute approximate surface area is 122 Å². The molecule has 0 unspecified atom stereocenters. The Kier molecular flexibility index (Phi) is 4.52. The lowest BCUT2D eigenvalue weighted by Gasteiger charge is -2.08. The van der Waals surface area contributed by atoms with Crippen LogP contribution in [0.5, 0.6) is 0 Å². The van der Waals surface area contributed by atoms with Crippen molar-refractivity contribution in [3.63, 3.8) is 0 Å². The molecule has 0 fully saturated rings. The van der Waals surface area contributed by atoms with Crippen LogP contribution in [-0.2, 0) is 6.42 Å². The minimum atomic E-state index is -0.515. The Balaban J connectivity index is 2.06. The molecule has 2 rings (SSSR count). The summed E-state index contributed by atoms with van der Waals surface area (Å²) in [4.78, 5) is 10.4. The molecule has 0 heterocycles. The number of nitrogens with zero attached hydrogens (tertiary/aromatic N) is 1. The molecular formula is C16H17FN2O2. The number of benzene rings is 2. The van der Waals surface area contributed by atoms with Crippen LogP contribution in [0.15, 0.2) is 36.4 Å². The standard InChI is InChI=1S/C16H17FN2O2/c1-11-7-12(2)9-13(8-11)5-6-18-15-10-14(17)3-4-16(15)19(20)21/h3-4,7-10,18H,5-6H2,1-2H3. The third kappa shape index (κ3) is 4.02. The van der Waals surface area contributed by atoms with Gasteiger partial charge in [0, 0.05) is 18.7 Å². The maximum absolute atomic E-state index is 13.2. The number of nitro benzene ring substituents is 1. The molecule has 2 aromatic carbocycles. The molecule has 0 amide bonds. The van der Waals surface area contributed by atoms with Gasteiger partial charge in [-0.25, -0.2) is 4.39 Å². The number of nitro groups is 1. The van der Waals surface area contributed by atoms with Crippen molar-refractivity contribution in [1.82, 2.24) is 0 Å². The van der Waals surface area contributed by atoms with Crippen molar-refractivity contribution >= 4 is 11.4 Å². The second-order valence-corrected chi connectivity index (χ2v) is 5.09. The van der Waals surface area contributed by atoms with Gasteiger partial charge in [0.2, 0.25) is 0 Å². The normalized spacial score (nSPS) is 10.4. The zero-order valence-electron chi connectivity index (χ0n) is 12.0. The van der Waals surface area contributed by atoms with E-state index in [1.807, 2.05) is 13.8 Å². The SMILES string of the molecule is Cc1cc(C)cc(CCNc2cc(F)ccc2[N+](=O)[O-])c1. The summed E-state index contributed by atoms with van der Waals surface area (Å²) in [5.74, 6) is -0.491. The first-order valence-electron chi connectivity index (χ1n) is 6.70. The third-order valence-corrected chi connectivity index (χ3v) is 3.17. The van der Waals surface area contributed by atoms with Crippen LogP contribution in [0, 0.1) is 29.8 Å². The van der Waals surface area contributed by atoms with Crippen LogP contribution in [-0.4, -0.2) is 11.5 Å². The van der Waals surface area contributed by atoms with Gasteiger partial charge in [-0.05, 0) is 31.9 Å². The lowest BCUT2D eigenvalue weighted by molar-refractivity contribution is -0.384. The van der Waals surface area contributed by atoms with Crippen LogP contribution in [0.3, 0.4) is 0 Å². The van der Waals surface area contributed by atoms with Gasteiger partial charge < -0.3 is 5.32 Å². The fourth-order valence-corrected chi connectivity index (χ4v) is 2.36. The van der Waals surface area contributed by atoms with Crippen molar-refractivity contribution in [3.05, 3.63) is 69.0 Å². The van der Waals surface area contributed by atoms with Gasteiger partial charge in [-0.3, -0.25) is 10.1 Å². The van der Waals surface area contributed by atoms with Crippen molar-refractivity contribution in [3.8, 4) is 0 Å². The largest absolute Gasteiger partial charge is 0.379 e. The zero-order valence-corrected chi connectivity index (χ0v) is 12.0. The van der Waals surface area contributed by atoms with Gasteiger partial charge in [0.25, 0.3) is 5.69 Å². The summed E-state index contributed by atoms with van der Waals surface area (Å²) in [5.41, 5.74) is 3.61. The highest BCUT2D eigenvalue weighted by Gasteiger charge is 2.13. The zero-order chi connectivity index (χ0) is 15.4. The van der Waals surface area contributed by atoms with E-state index in [-0.39, 0.29) is 11.4 Å². The molecule has 0 saturated heterocycles. The molecule has 0 radical (unpaired) electrons. The number of anilines is 1. The molecule has 110 valence electrons. The summed E-state index contributed by atoms with van der Waals surface area (Å²) >= 11 is 0. The molecule has 0 aromatic heterocycles. The molecular weight excluding hydrogens is 271 g/mol. The predicted molar refractivity (Wildman–Crippen MR) is 81.2 cm³/mol. The van der Waals surface area contributed by atoms with Crippen molar-refractivity contribution < 1.29 is 9.31 Å². The van der Waals surface area contributed by atoms with E-state index in [9.17, 15) is 14.5 Å². The summed E-state index contributed by atoms with van der Waals surface area (Å²) < 4.78 is 13.2. The fourth-order valence-electron chi connectivity index (χ4n) is 2.36. The molecule has 2 aromatic rings. The molecule has 5 heteroatoms. The Bertz CT molecular complexity index is 651. The van der Waals surface area contributed by atoms with E-state index in [0.29, 0.717) is 6.54 Å². The van der Waals surface area contributed by atoms with Crippen LogP contribution >= 0.6 is 0 Å². The molecule has 4 nitrogen and oxygen atoms in total. The van der Waals surface area contributed by atoms with Gasteiger partial charge >= 0.3 is 0 Å². The van der Waals surface area contributed by atoms with Crippen LogP contribution in [0.1, 0.15) is 16.7 Å². The van der Waals surface area contributed by atoms with Gasteiger partial charge in [-0.1, -0.05) is 29.3 Å². The number of halogens is 1. The maximum Gasteiger partial charge on any atom is 0.292 e. The van der Waals surface area contributed by atoms with Crippen molar-refractivity contribution in [2.75, 3.05) is 11.9 Å². The van der Waals surface area contributed by atoms with E-state index in [4.69, 9.17) is 0 Å². The molecule has 1 N–H and O–H groups in total. The molecule has 21 heavy (non-hydrogen) atoms. The first kappa shape index (κ1) is 15.0. The molecule has 0 atom stereocenters. The molecule has 0 bridgehead atoms. The summed E-state index contributed by atoms with van der Waals surface area (Å²) in [6, 6.07) is 9.67. The highest BCUT2D eigenvalue weighted by Crippen LogP contribution is 2.24. The fraction of sp³-hybridized carbons (Fsp3) is 0.250. The smallest absolute Gasteiger partial charge is 0.292 e. The molecule has 0 aliphatic rings. The minimum absolute atomic E-state index is 0.114. The van der Waals surface area contributed by atoms with E-state index in [1.165, 1.54) is 17.2 Å². The van der Waals surface area contributed by atoms with Gasteiger partial charge in [0.05, 0.1) is 4.92 Å². The Morgan fingerprint density at radius 1 is 1.14 bits per heavy atom. The monoisotopic (exact) mass is 288 g/mol. The average molecular weight is 288 g/mol. The molecule has 0 aliphatic carbocycles. The Morgan fingerprint density at radius 3 is 2.43 bits per heavy atom. The molecule has 0 aliphatic heterocycles. The van der Waals surface area contributed by atoms with Gasteiger partial charge in [-0.2, -0.15) is 0 Å². The lowest BCUT2D eigenvalue weighted by atomic mass is 10.1. The van der Waals surface area contributed by atoms with E-state index in [1.54, 1.807) is 0 Å². The number of nitrogens with one attached hydrogen (secondary N) is 1. The Hall–Kier alpha value is -2.43. The van der Waals surface area contributed by atoms with E-state index < -0.39 is 10.7 Å².